The first-order chi connectivity index (χ1) is 10.8. The van der Waals surface area contributed by atoms with Crippen LogP contribution in [-0.4, -0.2) is 16.7 Å². The summed E-state index contributed by atoms with van der Waals surface area (Å²) < 4.78 is 5.21. The molecular formula is C18H21N3O2. The van der Waals surface area contributed by atoms with Gasteiger partial charge in [0.2, 0.25) is 0 Å². The van der Waals surface area contributed by atoms with Gasteiger partial charge >= 0.3 is 6.09 Å². The first-order valence-electron chi connectivity index (χ1n) is 7.30. The number of carbonyl (C=O) groups is 1. The van der Waals surface area contributed by atoms with E-state index in [2.05, 4.69) is 10.3 Å². The number of hydrogen-bond donors (Lipinski definition) is 2. The van der Waals surface area contributed by atoms with Gasteiger partial charge < -0.3 is 10.5 Å². The Balaban J connectivity index is 2.06. The van der Waals surface area contributed by atoms with Gasteiger partial charge in [0.15, 0.2) is 0 Å². The zero-order valence-corrected chi connectivity index (χ0v) is 13.5. The van der Waals surface area contributed by atoms with Crippen molar-refractivity contribution < 1.29 is 9.53 Å². The lowest BCUT2D eigenvalue weighted by atomic mass is 10.1. The summed E-state index contributed by atoms with van der Waals surface area (Å²) in [5.41, 5.74) is 8.36. The van der Waals surface area contributed by atoms with E-state index in [1.807, 2.05) is 63.3 Å². The lowest BCUT2D eigenvalue weighted by Crippen LogP contribution is -2.27. The quantitative estimate of drug-likeness (QED) is 0.834. The lowest BCUT2D eigenvalue weighted by Gasteiger charge is -2.19. The largest absolute Gasteiger partial charge is 0.444 e. The summed E-state index contributed by atoms with van der Waals surface area (Å²) in [5.74, 6) is 0. The fourth-order valence-electron chi connectivity index (χ4n) is 1.89. The number of amides is 1. The summed E-state index contributed by atoms with van der Waals surface area (Å²) in [6.07, 6.45) is 6.62. The van der Waals surface area contributed by atoms with Crippen LogP contribution >= 0.6 is 0 Å². The van der Waals surface area contributed by atoms with Crippen molar-refractivity contribution in [2.24, 2.45) is 0 Å². The van der Waals surface area contributed by atoms with Gasteiger partial charge in [0.1, 0.15) is 5.60 Å². The highest BCUT2D eigenvalue weighted by atomic mass is 16.6. The Kier molecular flexibility index (Phi) is 5.01. The highest BCUT2D eigenvalue weighted by Gasteiger charge is 2.16. The Hall–Kier alpha value is -2.82. The van der Waals surface area contributed by atoms with Gasteiger partial charge in [-0.05, 0) is 50.1 Å². The van der Waals surface area contributed by atoms with Crippen molar-refractivity contribution in [3.63, 3.8) is 0 Å². The van der Waals surface area contributed by atoms with Gasteiger partial charge in [-0.3, -0.25) is 10.3 Å². The average Bonchev–Trinajstić information content (AvgIpc) is 2.43. The van der Waals surface area contributed by atoms with Crippen molar-refractivity contribution in [1.29, 1.82) is 0 Å². The molecule has 0 unspecified atom stereocenters. The van der Waals surface area contributed by atoms with E-state index < -0.39 is 11.7 Å². The number of rotatable bonds is 3. The van der Waals surface area contributed by atoms with Gasteiger partial charge in [0, 0.05) is 11.9 Å². The van der Waals surface area contributed by atoms with Crippen molar-refractivity contribution in [2.45, 2.75) is 26.4 Å². The van der Waals surface area contributed by atoms with Gasteiger partial charge in [0.05, 0.1) is 11.9 Å². The highest BCUT2D eigenvalue weighted by molar-refractivity contribution is 5.85. The molecule has 0 aliphatic heterocycles. The molecule has 5 nitrogen and oxygen atoms in total. The van der Waals surface area contributed by atoms with E-state index in [1.165, 1.54) is 0 Å². The van der Waals surface area contributed by atoms with E-state index in [4.69, 9.17) is 10.5 Å². The van der Waals surface area contributed by atoms with Gasteiger partial charge in [-0.25, -0.2) is 4.79 Å². The first-order valence-corrected chi connectivity index (χ1v) is 7.30. The van der Waals surface area contributed by atoms with Crippen molar-refractivity contribution >= 4 is 29.6 Å². The molecule has 0 bridgehead atoms. The third-order valence-corrected chi connectivity index (χ3v) is 2.78. The van der Waals surface area contributed by atoms with E-state index in [0.29, 0.717) is 11.4 Å². The first kappa shape index (κ1) is 16.5. The molecule has 0 aliphatic rings. The second-order valence-corrected chi connectivity index (χ2v) is 6.14. The predicted molar refractivity (Wildman–Crippen MR) is 93.9 cm³/mol. The van der Waals surface area contributed by atoms with Crippen LogP contribution in [-0.2, 0) is 4.74 Å². The number of hydrogen-bond acceptors (Lipinski definition) is 4. The van der Waals surface area contributed by atoms with Crippen LogP contribution in [0, 0.1) is 0 Å². The summed E-state index contributed by atoms with van der Waals surface area (Å²) >= 11 is 0. The molecule has 0 spiro atoms. The van der Waals surface area contributed by atoms with E-state index in [1.54, 1.807) is 12.4 Å². The van der Waals surface area contributed by atoms with Gasteiger partial charge in [0.25, 0.3) is 0 Å². The molecule has 120 valence electrons. The number of nitrogens with two attached hydrogens (primary N) is 1. The summed E-state index contributed by atoms with van der Waals surface area (Å²) in [5, 5.41) is 2.67. The normalized spacial score (nSPS) is 11.4. The number of ether oxygens (including phenoxy) is 1. The maximum Gasteiger partial charge on any atom is 0.412 e. The molecule has 1 aromatic heterocycles. The van der Waals surface area contributed by atoms with Crippen LogP contribution in [0.15, 0.2) is 42.7 Å². The van der Waals surface area contributed by atoms with Crippen LogP contribution in [0.2, 0.25) is 0 Å². The maximum absolute atomic E-state index is 11.8. The van der Waals surface area contributed by atoms with Crippen molar-refractivity contribution in [3.8, 4) is 0 Å². The molecule has 0 saturated carbocycles. The van der Waals surface area contributed by atoms with E-state index in [-0.39, 0.29) is 0 Å². The van der Waals surface area contributed by atoms with E-state index in [9.17, 15) is 4.79 Å². The Morgan fingerprint density at radius 2 is 1.91 bits per heavy atom. The molecule has 0 saturated heterocycles. The maximum atomic E-state index is 11.8. The molecule has 0 radical (unpaired) electrons. The molecule has 23 heavy (non-hydrogen) atoms. The minimum absolute atomic E-state index is 0.503. The smallest absolute Gasteiger partial charge is 0.412 e. The topological polar surface area (TPSA) is 77.2 Å². The monoisotopic (exact) mass is 311 g/mol. The zero-order chi connectivity index (χ0) is 16.9. The van der Waals surface area contributed by atoms with Crippen LogP contribution in [0.3, 0.4) is 0 Å². The molecule has 3 N–H and O–H groups in total. The molecule has 0 aliphatic carbocycles. The number of nitrogens with zero attached hydrogens (tertiary/aromatic N) is 1. The van der Waals surface area contributed by atoms with Gasteiger partial charge in [-0.1, -0.05) is 24.3 Å². The molecule has 1 aromatic carbocycles. The van der Waals surface area contributed by atoms with E-state index >= 15 is 0 Å². The second-order valence-electron chi connectivity index (χ2n) is 6.14. The number of aromatic nitrogens is 1. The number of nitrogens with one attached hydrogen (secondary N) is 1. The number of nitrogen functional groups attached to an aromatic ring is 1. The molecule has 0 atom stereocenters. The number of pyridine rings is 1. The standard InChI is InChI=1S/C18H21N3O2/c1-18(2,3)23-17(22)21-16-10-14(11-20-12-16)8-7-13-5-4-6-15(19)9-13/h4-12H,19H2,1-3H3,(H,21,22). The van der Waals surface area contributed by atoms with Crippen LogP contribution in [0.25, 0.3) is 12.2 Å². The molecule has 1 heterocycles. The van der Waals surface area contributed by atoms with Crippen LogP contribution < -0.4 is 11.1 Å². The molecule has 5 heteroatoms. The van der Waals surface area contributed by atoms with Gasteiger partial charge in [-0.2, -0.15) is 0 Å². The molecule has 2 rings (SSSR count). The number of carbonyl (C=O) groups excluding carboxylic acids is 1. The Bertz CT molecular complexity index is 718. The minimum Gasteiger partial charge on any atom is -0.444 e. The average molecular weight is 311 g/mol. The van der Waals surface area contributed by atoms with Crippen LogP contribution in [0.4, 0.5) is 16.2 Å². The van der Waals surface area contributed by atoms with Crippen molar-refractivity contribution in [1.82, 2.24) is 4.98 Å². The predicted octanol–water partition coefficient (Wildman–Crippen LogP) is 4.18. The minimum atomic E-state index is -0.539. The van der Waals surface area contributed by atoms with Crippen LogP contribution in [0.5, 0.6) is 0 Å². The second kappa shape index (κ2) is 6.96. The van der Waals surface area contributed by atoms with E-state index in [0.717, 1.165) is 11.1 Å². The number of anilines is 2. The van der Waals surface area contributed by atoms with Crippen molar-refractivity contribution in [2.75, 3.05) is 11.1 Å². The summed E-state index contributed by atoms with van der Waals surface area (Å²) in [7, 11) is 0. The molecular weight excluding hydrogens is 290 g/mol. The third-order valence-electron chi connectivity index (χ3n) is 2.78. The molecule has 1 amide bonds. The summed E-state index contributed by atoms with van der Waals surface area (Å²) in [4.78, 5) is 15.9. The Morgan fingerprint density at radius 1 is 1.17 bits per heavy atom. The summed E-state index contributed by atoms with van der Waals surface area (Å²) in [6, 6.07) is 9.40. The van der Waals surface area contributed by atoms with Crippen molar-refractivity contribution in [3.05, 3.63) is 53.9 Å². The lowest BCUT2D eigenvalue weighted by molar-refractivity contribution is 0.0636. The Labute approximate surface area is 136 Å². The van der Waals surface area contributed by atoms with Gasteiger partial charge in [-0.15, -0.1) is 0 Å². The zero-order valence-electron chi connectivity index (χ0n) is 13.5. The SMILES string of the molecule is CC(C)(C)OC(=O)Nc1cncc(C=Cc2cccc(N)c2)c1. The van der Waals surface area contributed by atoms with Crippen LogP contribution in [0.1, 0.15) is 31.9 Å². The highest BCUT2D eigenvalue weighted by Crippen LogP contribution is 2.15. The fraction of sp³-hybridized carbons (Fsp3) is 0.222. The molecule has 0 fully saturated rings. The fourth-order valence-corrected chi connectivity index (χ4v) is 1.89. The third kappa shape index (κ3) is 5.82. The Morgan fingerprint density at radius 3 is 2.61 bits per heavy atom. The number of benzene rings is 1. The molecule has 2 aromatic rings. The summed E-state index contributed by atoms with van der Waals surface area (Å²) in [6.45, 7) is 5.45.